The lowest BCUT2D eigenvalue weighted by atomic mass is 10.4. The molecule has 0 unspecified atom stereocenters. The summed E-state index contributed by atoms with van der Waals surface area (Å²) in [6.07, 6.45) is 8.54. The minimum atomic E-state index is 0.878. The normalized spacial score (nSPS) is 16.4. The fourth-order valence-corrected chi connectivity index (χ4v) is 2.62. The van der Waals surface area contributed by atoms with Crippen LogP contribution in [0.15, 0.2) is 24.4 Å². The lowest BCUT2D eigenvalue weighted by Gasteiger charge is -2.14. The van der Waals surface area contributed by atoms with Crippen molar-refractivity contribution in [2.75, 3.05) is 31.5 Å². The Labute approximate surface area is 119 Å². The standard InChI is InChI=1S/C15H21N5/c1-2-5-13-12-17-15-7-6-14(18-20(13)15)16-8-11-19-9-3-4-10-19/h2,5-7,12H,3-4,8-11H2,1H3,(H,16,18)/b5-2+. The van der Waals surface area contributed by atoms with Gasteiger partial charge in [0.05, 0.1) is 11.9 Å². The number of imidazole rings is 1. The van der Waals surface area contributed by atoms with E-state index in [4.69, 9.17) is 0 Å². The van der Waals surface area contributed by atoms with Gasteiger partial charge in [0.25, 0.3) is 0 Å². The lowest BCUT2D eigenvalue weighted by Crippen LogP contribution is -2.26. The van der Waals surface area contributed by atoms with Crippen molar-refractivity contribution in [2.24, 2.45) is 0 Å². The average Bonchev–Trinajstić information content (AvgIpc) is 3.10. The molecular formula is C15H21N5. The van der Waals surface area contributed by atoms with Gasteiger partial charge in [-0.25, -0.2) is 9.50 Å². The number of hydrogen-bond acceptors (Lipinski definition) is 4. The average molecular weight is 271 g/mol. The van der Waals surface area contributed by atoms with Gasteiger partial charge in [-0.05, 0) is 51.1 Å². The van der Waals surface area contributed by atoms with Gasteiger partial charge < -0.3 is 10.2 Å². The molecule has 2 aromatic heterocycles. The third-order valence-electron chi connectivity index (χ3n) is 3.66. The zero-order valence-corrected chi connectivity index (χ0v) is 11.9. The molecule has 1 fully saturated rings. The molecular weight excluding hydrogens is 250 g/mol. The quantitative estimate of drug-likeness (QED) is 0.906. The molecule has 0 spiro atoms. The van der Waals surface area contributed by atoms with E-state index in [9.17, 15) is 0 Å². The number of anilines is 1. The fraction of sp³-hybridized carbons (Fsp3) is 0.467. The summed E-state index contributed by atoms with van der Waals surface area (Å²) < 4.78 is 1.87. The molecule has 3 heterocycles. The van der Waals surface area contributed by atoms with Gasteiger partial charge in [-0.2, -0.15) is 0 Å². The van der Waals surface area contributed by atoms with Crippen LogP contribution in [0.25, 0.3) is 11.7 Å². The van der Waals surface area contributed by atoms with Gasteiger partial charge in [-0.15, -0.1) is 5.10 Å². The number of rotatable bonds is 5. The van der Waals surface area contributed by atoms with Gasteiger partial charge >= 0.3 is 0 Å². The van der Waals surface area contributed by atoms with E-state index in [0.29, 0.717) is 0 Å². The van der Waals surface area contributed by atoms with Crippen LogP contribution in [0.2, 0.25) is 0 Å². The number of hydrogen-bond donors (Lipinski definition) is 1. The van der Waals surface area contributed by atoms with Crippen LogP contribution in [0.3, 0.4) is 0 Å². The number of nitrogens with one attached hydrogen (secondary N) is 1. The highest BCUT2D eigenvalue weighted by Crippen LogP contribution is 2.11. The summed E-state index contributed by atoms with van der Waals surface area (Å²) in [4.78, 5) is 6.83. The maximum absolute atomic E-state index is 4.59. The molecule has 2 aromatic rings. The highest BCUT2D eigenvalue weighted by atomic mass is 15.3. The van der Waals surface area contributed by atoms with Crippen molar-refractivity contribution >= 4 is 17.5 Å². The summed E-state index contributed by atoms with van der Waals surface area (Å²) in [5, 5.41) is 7.99. The Morgan fingerprint density at radius 3 is 2.95 bits per heavy atom. The van der Waals surface area contributed by atoms with Crippen molar-refractivity contribution in [2.45, 2.75) is 19.8 Å². The van der Waals surface area contributed by atoms with E-state index < -0.39 is 0 Å². The van der Waals surface area contributed by atoms with Crippen molar-refractivity contribution in [1.82, 2.24) is 19.5 Å². The summed E-state index contributed by atoms with van der Waals surface area (Å²) in [5.41, 5.74) is 1.88. The molecule has 106 valence electrons. The second-order valence-corrected chi connectivity index (χ2v) is 5.15. The number of fused-ring (bicyclic) bond motifs is 1. The van der Waals surface area contributed by atoms with Crippen LogP contribution in [0.1, 0.15) is 25.5 Å². The van der Waals surface area contributed by atoms with E-state index in [-0.39, 0.29) is 0 Å². The second-order valence-electron chi connectivity index (χ2n) is 5.15. The molecule has 1 saturated heterocycles. The first kappa shape index (κ1) is 13.1. The maximum atomic E-state index is 4.59. The van der Waals surface area contributed by atoms with Gasteiger partial charge in [0.15, 0.2) is 5.65 Å². The Hall–Kier alpha value is -1.88. The monoisotopic (exact) mass is 271 g/mol. The molecule has 0 radical (unpaired) electrons. The topological polar surface area (TPSA) is 45.5 Å². The van der Waals surface area contributed by atoms with Crippen molar-refractivity contribution in [3.63, 3.8) is 0 Å². The highest BCUT2D eigenvalue weighted by molar-refractivity contribution is 5.53. The minimum absolute atomic E-state index is 0.878. The zero-order chi connectivity index (χ0) is 13.8. The van der Waals surface area contributed by atoms with Crippen molar-refractivity contribution < 1.29 is 0 Å². The zero-order valence-electron chi connectivity index (χ0n) is 11.9. The van der Waals surface area contributed by atoms with E-state index in [2.05, 4.69) is 20.3 Å². The maximum Gasteiger partial charge on any atom is 0.154 e. The van der Waals surface area contributed by atoms with Gasteiger partial charge in [0.2, 0.25) is 0 Å². The Bertz CT molecular complexity index is 595. The van der Waals surface area contributed by atoms with Crippen LogP contribution in [-0.4, -0.2) is 45.7 Å². The predicted octanol–water partition coefficient (Wildman–Crippen LogP) is 2.27. The Kier molecular flexibility index (Phi) is 3.97. The van der Waals surface area contributed by atoms with Gasteiger partial charge in [-0.3, -0.25) is 0 Å². The summed E-state index contributed by atoms with van der Waals surface area (Å²) in [7, 11) is 0. The molecule has 3 rings (SSSR count). The lowest BCUT2D eigenvalue weighted by molar-refractivity contribution is 0.352. The van der Waals surface area contributed by atoms with Crippen LogP contribution in [0, 0.1) is 0 Å². The smallest absolute Gasteiger partial charge is 0.154 e. The van der Waals surface area contributed by atoms with E-state index in [1.807, 2.05) is 41.9 Å². The first-order valence-electron chi connectivity index (χ1n) is 7.30. The SMILES string of the molecule is C/C=C/c1cnc2ccc(NCCN3CCCC3)nn12. The van der Waals surface area contributed by atoms with Crippen LogP contribution in [-0.2, 0) is 0 Å². The number of allylic oxidation sites excluding steroid dienone is 1. The van der Waals surface area contributed by atoms with Crippen molar-refractivity contribution in [1.29, 1.82) is 0 Å². The number of aromatic nitrogens is 3. The molecule has 1 aliphatic rings. The number of nitrogens with zero attached hydrogens (tertiary/aromatic N) is 4. The largest absolute Gasteiger partial charge is 0.367 e. The Morgan fingerprint density at radius 2 is 2.15 bits per heavy atom. The van der Waals surface area contributed by atoms with E-state index in [1.54, 1.807) is 0 Å². The van der Waals surface area contributed by atoms with E-state index in [1.165, 1.54) is 25.9 Å². The molecule has 20 heavy (non-hydrogen) atoms. The van der Waals surface area contributed by atoms with Gasteiger partial charge in [-0.1, -0.05) is 6.08 Å². The molecule has 0 bridgehead atoms. The molecule has 5 nitrogen and oxygen atoms in total. The molecule has 0 saturated carbocycles. The van der Waals surface area contributed by atoms with Crippen molar-refractivity contribution in [3.05, 3.63) is 30.1 Å². The van der Waals surface area contributed by atoms with Gasteiger partial charge in [0, 0.05) is 13.1 Å². The second kappa shape index (κ2) is 6.05. The van der Waals surface area contributed by atoms with E-state index in [0.717, 1.165) is 30.2 Å². The summed E-state index contributed by atoms with van der Waals surface area (Å²) in [5.74, 6) is 0.903. The Balaban J connectivity index is 1.66. The molecule has 5 heteroatoms. The van der Waals surface area contributed by atoms with Crippen molar-refractivity contribution in [3.8, 4) is 0 Å². The van der Waals surface area contributed by atoms with Crippen LogP contribution < -0.4 is 5.32 Å². The molecule has 0 aliphatic carbocycles. The molecule has 1 N–H and O–H groups in total. The minimum Gasteiger partial charge on any atom is -0.367 e. The van der Waals surface area contributed by atoms with Gasteiger partial charge in [0.1, 0.15) is 5.82 Å². The third kappa shape index (κ3) is 2.82. The van der Waals surface area contributed by atoms with Crippen LogP contribution in [0.4, 0.5) is 5.82 Å². The third-order valence-corrected chi connectivity index (χ3v) is 3.66. The van der Waals surface area contributed by atoms with Crippen LogP contribution in [0.5, 0.6) is 0 Å². The summed E-state index contributed by atoms with van der Waals surface area (Å²) in [6.45, 7) is 6.50. The number of likely N-dealkylation sites (tertiary alicyclic amines) is 1. The first-order chi connectivity index (χ1) is 9.86. The van der Waals surface area contributed by atoms with Crippen LogP contribution >= 0.6 is 0 Å². The summed E-state index contributed by atoms with van der Waals surface area (Å²) >= 11 is 0. The van der Waals surface area contributed by atoms with E-state index >= 15 is 0 Å². The first-order valence-corrected chi connectivity index (χ1v) is 7.30. The summed E-state index contributed by atoms with van der Waals surface area (Å²) in [6, 6.07) is 3.99. The molecule has 0 aromatic carbocycles. The highest BCUT2D eigenvalue weighted by Gasteiger charge is 2.10. The fourth-order valence-electron chi connectivity index (χ4n) is 2.62. The predicted molar refractivity (Wildman–Crippen MR) is 81.9 cm³/mol. The molecule has 1 aliphatic heterocycles. The molecule has 0 atom stereocenters. The molecule has 0 amide bonds. The Morgan fingerprint density at radius 1 is 1.30 bits per heavy atom.